The molecule has 0 aliphatic carbocycles. The lowest BCUT2D eigenvalue weighted by Gasteiger charge is -2.23. The lowest BCUT2D eigenvalue weighted by atomic mass is 10.2. The molecule has 0 aromatic carbocycles. The van der Waals surface area contributed by atoms with E-state index in [9.17, 15) is 4.79 Å². The number of amides is 2. The zero-order valence-corrected chi connectivity index (χ0v) is 13.5. The number of carbonyl (C=O) groups is 1. The van der Waals surface area contributed by atoms with Gasteiger partial charge < -0.3 is 9.42 Å². The molecule has 2 aliphatic heterocycles. The van der Waals surface area contributed by atoms with Crippen LogP contribution in [0.3, 0.4) is 0 Å². The first-order chi connectivity index (χ1) is 11.3. The third-order valence-corrected chi connectivity index (χ3v) is 5.21. The Labute approximate surface area is 138 Å². The SMILES string of the molecule is O=C(Nc1cc(-c2cccs2)on1)N1CCC(N2CC=CC2)C1. The van der Waals surface area contributed by atoms with Crippen LogP contribution in [0, 0.1) is 0 Å². The molecule has 4 heterocycles. The molecule has 2 aliphatic rings. The zero-order chi connectivity index (χ0) is 15.6. The number of nitrogens with zero attached hydrogens (tertiary/aromatic N) is 3. The Morgan fingerprint density at radius 1 is 1.39 bits per heavy atom. The molecule has 23 heavy (non-hydrogen) atoms. The van der Waals surface area contributed by atoms with E-state index < -0.39 is 0 Å². The largest absolute Gasteiger partial charge is 0.353 e. The fraction of sp³-hybridized carbons (Fsp3) is 0.375. The molecular weight excluding hydrogens is 312 g/mol. The van der Waals surface area contributed by atoms with Gasteiger partial charge in [-0.25, -0.2) is 4.79 Å². The van der Waals surface area contributed by atoms with Gasteiger partial charge in [0.25, 0.3) is 0 Å². The van der Waals surface area contributed by atoms with Crippen molar-refractivity contribution in [3.8, 4) is 10.6 Å². The molecule has 4 rings (SSSR count). The van der Waals surface area contributed by atoms with Crippen molar-refractivity contribution in [2.75, 3.05) is 31.5 Å². The molecule has 1 atom stereocenters. The Hall–Kier alpha value is -2.12. The lowest BCUT2D eigenvalue weighted by molar-refractivity contribution is 0.212. The van der Waals surface area contributed by atoms with Crippen molar-refractivity contribution < 1.29 is 9.32 Å². The average Bonchev–Trinajstić information content (AvgIpc) is 3.30. The monoisotopic (exact) mass is 330 g/mol. The smallest absolute Gasteiger partial charge is 0.323 e. The summed E-state index contributed by atoms with van der Waals surface area (Å²) < 4.78 is 5.29. The minimum atomic E-state index is -0.106. The maximum Gasteiger partial charge on any atom is 0.323 e. The topological polar surface area (TPSA) is 61.6 Å². The van der Waals surface area contributed by atoms with Crippen LogP contribution in [0.15, 0.2) is 40.3 Å². The summed E-state index contributed by atoms with van der Waals surface area (Å²) in [5.41, 5.74) is 0. The van der Waals surface area contributed by atoms with Crippen molar-refractivity contribution in [1.82, 2.24) is 15.0 Å². The molecule has 1 N–H and O–H groups in total. The van der Waals surface area contributed by atoms with Gasteiger partial charge in [-0.1, -0.05) is 23.4 Å². The zero-order valence-electron chi connectivity index (χ0n) is 12.6. The molecule has 0 saturated carbocycles. The van der Waals surface area contributed by atoms with Crippen LogP contribution < -0.4 is 5.32 Å². The molecule has 0 spiro atoms. The second-order valence-corrected chi connectivity index (χ2v) is 6.75. The molecule has 2 aromatic rings. The third-order valence-electron chi connectivity index (χ3n) is 4.32. The minimum Gasteiger partial charge on any atom is -0.353 e. The molecule has 2 aromatic heterocycles. The average molecular weight is 330 g/mol. The summed E-state index contributed by atoms with van der Waals surface area (Å²) in [7, 11) is 0. The highest BCUT2D eigenvalue weighted by atomic mass is 32.1. The van der Waals surface area contributed by atoms with Gasteiger partial charge in [-0.05, 0) is 17.9 Å². The first-order valence-corrected chi connectivity index (χ1v) is 8.63. The van der Waals surface area contributed by atoms with Crippen LogP contribution in [-0.2, 0) is 0 Å². The number of hydrogen-bond donors (Lipinski definition) is 1. The van der Waals surface area contributed by atoms with Gasteiger partial charge in [-0.2, -0.15) is 0 Å². The Morgan fingerprint density at radius 3 is 3.04 bits per heavy atom. The third kappa shape index (κ3) is 3.02. The Balaban J connectivity index is 1.35. The molecule has 7 heteroatoms. The van der Waals surface area contributed by atoms with E-state index >= 15 is 0 Å². The van der Waals surface area contributed by atoms with Gasteiger partial charge in [0.05, 0.1) is 4.88 Å². The predicted molar refractivity (Wildman–Crippen MR) is 89.5 cm³/mol. The van der Waals surface area contributed by atoms with Gasteiger partial charge in [-0.15, -0.1) is 11.3 Å². The lowest BCUT2D eigenvalue weighted by Crippen LogP contribution is -2.38. The van der Waals surface area contributed by atoms with Crippen LogP contribution in [0.25, 0.3) is 10.6 Å². The Bertz CT molecular complexity index is 701. The highest BCUT2D eigenvalue weighted by Gasteiger charge is 2.30. The fourth-order valence-electron chi connectivity index (χ4n) is 3.07. The molecule has 0 bridgehead atoms. The number of hydrogen-bond acceptors (Lipinski definition) is 5. The maximum atomic E-state index is 12.4. The molecule has 2 amide bonds. The highest BCUT2D eigenvalue weighted by Crippen LogP contribution is 2.27. The highest BCUT2D eigenvalue weighted by molar-refractivity contribution is 7.13. The molecule has 1 unspecified atom stereocenters. The van der Waals surface area contributed by atoms with Crippen molar-refractivity contribution in [1.29, 1.82) is 0 Å². The van der Waals surface area contributed by atoms with Crippen molar-refractivity contribution in [3.05, 3.63) is 35.7 Å². The molecular formula is C16H18N4O2S. The summed E-state index contributed by atoms with van der Waals surface area (Å²) >= 11 is 1.58. The maximum absolute atomic E-state index is 12.4. The van der Waals surface area contributed by atoms with Gasteiger partial charge in [0.2, 0.25) is 0 Å². The van der Waals surface area contributed by atoms with Crippen molar-refractivity contribution >= 4 is 23.2 Å². The van der Waals surface area contributed by atoms with Crippen molar-refractivity contribution in [2.24, 2.45) is 0 Å². The number of anilines is 1. The second-order valence-electron chi connectivity index (χ2n) is 5.80. The standard InChI is InChI=1S/C16H18N4O2S/c21-16(20-8-5-12(11-20)19-6-1-2-7-19)17-15-10-13(22-18-15)14-4-3-9-23-14/h1-4,9-10,12H,5-8,11H2,(H,17,18,21). The van der Waals surface area contributed by atoms with Crippen LogP contribution in [0.2, 0.25) is 0 Å². The first kappa shape index (κ1) is 14.5. The number of urea groups is 1. The van der Waals surface area contributed by atoms with Gasteiger partial charge in [0.1, 0.15) is 0 Å². The predicted octanol–water partition coefficient (Wildman–Crippen LogP) is 2.88. The van der Waals surface area contributed by atoms with Crippen molar-refractivity contribution in [3.63, 3.8) is 0 Å². The van der Waals surface area contributed by atoms with Crippen LogP contribution in [0.1, 0.15) is 6.42 Å². The quantitative estimate of drug-likeness (QED) is 0.879. The van der Waals surface area contributed by atoms with Crippen LogP contribution in [0.5, 0.6) is 0 Å². The summed E-state index contributed by atoms with van der Waals surface area (Å²) in [4.78, 5) is 17.6. The summed E-state index contributed by atoms with van der Waals surface area (Å²) in [5.74, 6) is 1.14. The number of rotatable bonds is 3. The molecule has 6 nitrogen and oxygen atoms in total. The van der Waals surface area contributed by atoms with Crippen LogP contribution in [0.4, 0.5) is 10.6 Å². The summed E-state index contributed by atoms with van der Waals surface area (Å²) in [6.07, 6.45) is 5.39. The number of nitrogens with one attached hydrogen (secondary N) is 1. The number of aromatic nitrogens is 1. The van der Waals surface area contributed by atoms with E-state index in [0.29, 0.717) is 17.6 Å². The summed E-state index contributed by atoms with van der Waals surface area (Å²) in [6.45, 7) is 3.53. The number of likely N-dealkylation sites (tertiary alicyclic amines) is 1. The summed E-state index contributed by atoms with van der Waals surface area (Å²) in [6, 6.07) is 6.03. The second kappa shape index (κ2) is 6.17. The number of thiophene rings is 1. The fourth-order valence-corrected chi connectivity index (χ4v) is 3.75. The van der Waals surface area contributed by atoms with E-state index in [1.54, 1.807) is 17.4 Å². The summed E-state index contributed by atoms with van der Waals surface area (Å²) in [5, 5.41) is 8.74. The van der Waals surface area contributed by atoms with Gasteiger partial charge in [0, 0.05) is 38.3 Å². The van der Waals surface area contributed by atoms with E-state index in [-0.39, 0.29) is 6.03 Å². The van der Waals surface area contributed by atoms with E-state index in [0.717, 1.165) is 37.5 Å². The number of carbonyl (C=O) groups excluding carboxylic acids is 1. The van der Waals surface area contributed by atoms with E-state index in [2.05, 4.69) is 27.5 Å². The van der Waals surface area contributed by atoms with Gasteiger partial charge >= 0.3 is 6.03 Å². The van der Waals surface area contributed by atoms with E-state index in [1.807, 2.05) is 22.4 Å². The first-order valence-electron chi connectivity index (χ1n) is 7.75. The van der Waals surface area contributed by atoms with Crippen molar-refractivity contribution in [2.45, 2.75) is 12.5 Å². The van der Waals surface area contributed by atoms with E-state index in [4.69, 9.17) is 4.52 Å². The minimum absolute atomic E-state index is 0.106. The van der Waals surface area contributed by atoms with Gasteiger partial charge in [-0.3, -0.25) is 10.2 Å². The Kier molecular flexibility index (Phi) is 3.88. The normalized spacial score (nSPS) is 21.2. The Morgan fingerprint density at radius 2 is 2.26 bits per heavy atom. The van der Waals surface area contributed by atoms with Gasteiger partial charge in [0.15, 0.2) is 11.6 Å². The molecule has 1 saturated heterocycles. The molecule has 1 fully saturated rings. The molecule has 120 valence electrons. The van der Waals surface area contributed by atoms with E-state index in [1.165, 1.54) is 0 Å². The van der Waals surface area contributed by atoms with Crippen LogP contribution in [-0.4, -0.2) is 53.2 Å². The molecule has 0 radical (unpaired) electrons. The van der Waals surface area contributed by atoms with Crippen LogP contribution >= 0.6 is 11.3 Å².